The van der Waals surface area contributed by atoms with Crippen LogP contribution in [0.4, 0.5) is 0 Å². The maximum absolute atomic E-state index is 3.72. The maximum Gasteiger partial charge on any atom is 0.0278 e. The highest BCUT2D eigenvalue weighted by molar-refractivity contribution is 5.16. The van der Waals surface area contributed by atoms with Gasteiger partial charge in [0.25, 0.3) is 0 Å². The van der Waals surface area contributed by atoms with Crippen LogP contribution in [-0.2, 0) is 6.42 Å². The Morgan fingerprint density at radius 1 is 1.26 bits per heavy atom. The molecule has 0 saturated carbocycles. The molecule has 0 aromatic heterocycles. The largest absolute Gasteiger partial charge is 0.311 e. The number of nitrogens with zero attached hydrogens (tertiary/aromatic N) is 1. The molecule has 1 saturated heterocycles. The molecule has 0 amide bonds. The summed E-state index contributed by atoms with van der Waals surface area (Å²) >= 11 is 0. The zero-order valence-electron chi connectivity index (χ0n) is 12.7. The first-order chi connectivity index (χ1) is 9.12. The molecule has 2 rings (SSSR count). The Labute approximate surface area is 118 Å². The molecule has 1 aliphatic heterocycles. The summed E-state index contributed by atoms with van der Waals surface area (Å²) in [5, 5.41) is 3.72. The fraction of sp³-hybridized carbons (Fsp3) is 0.647. The molecule has 2 nitrogen and oxygen atoms in total. The van der Waals surface area contributed by atoms with Crippen molar-refractivity contribution in [3.05, 3.63) is 35.9 Å². The van der Waals surface area contributed by atoms with E-state index in [1.165, 1.54) is 31.5 Å². The van der Waals surface area contributed by atoms with Crippen molar-refractivity contribution in [2.75, 3.05) is 19.6 Å². The van der Waals surface area contributed by atoms with Crippen molar-refractivity contribution in [1.29, 1.82) is 0 Å². The molecule has 19 heavy (non-hydrogen) atoms. The van der Waals surface area contributed by atoms with Gasteiger partial charge in [0, 0.05) is 24.7 Å². The second-order valence-electron chi connectivity index (χ2n) is 6.38. The summed E-state index contributed by atoms with van der Waals surface area (Å²) < 4.78 is 0. The normalized spacial score (nSPS) is 23.4. The summed E-state index contributed by atoms with van der Waals surface area (Å²) in [6.45, 7) is 10.5. The smallest absolute Gasteiger partial charge is 0.0278 e. The van der Waals surface area contributed by atoms with Crippen LogP contribution in [0.15, 0.2) is 30.3 Å². The third-order valence-electron chi connectivity index (χ3n) is 4.23. The van der Waals surface area contributed by atoms with Crippen LogP contribution < -0.4 is 5.32 Å². The average Bonchev–Trinajstić information content (AvgIpc) is 2.40. The van der Waals surface area contributed by atoms with E-state index in [0.29, 0.717) is 11.6 Å². The zero-order valence-corrected chi connectivity index (χ0v) is 12.7. The topological polar surface area (TPSA) is 15.3 Å². The van der Waals surface area contributed by atoms with E-state index in [1.807, 2.05) is 0 Å². The van der Waals surface area contributed by atoms with Crippen molar-refractivity contribution in [1.82, 2.24) is 10.2 Å². The third kappa shape index (κ3) is 4.05. The van der Waals surface area contributed by atoms with E-state index >= 15 is 0 Å². The van der Waals surface area contributed by atoms with Gasteiger partial charge in [0.05, 0.1) is 0 Å². The van der Waals surface area contributed by atoms with Crippen LogP contribution in [0.2, 0.25) is 0 Å². The van der Waals surface area contributed by atoms with Crippen LogP contribution in [0.1, 0.15) is 39.2 Å². The molecular weight excluding hydrogens is 232 g/mol. The predicted molar refractivity (Wildman–Crippen MR) is 82.5 cm³/mol. The molecule has 0 spiro atoms. The lowest BCUT2D eigenvalue weighted by Crippen LogP contribution is -2.62. The number of benzene rings is 1. The highest BCUT2D eigenvalue weighted by Gasteiger charge is 2.33. The summed E-state index contributed by atoms with van der Waals surface area (Å²) in [5.41, 5.74) is 1.73. The van der Waals surface area contributed by atoms with Gasteiger partial charge in [-0.3, -0.25) is 4.90 Å². The summed E-state index contributed by atoms with van der Waals surface area (Å²) in [6.07, 6.45) is 3.73. The fourth-order valence-electron chi connectivity index (χ4n) is 2.86. The van der Waals surface area contributed by atoms with E-state index in [2.05, 4.69) is 61.3 Å². The maximum atomic E-state index is 3.72. The lowest BCUT2D eigenvalue weighted by atomic mass is 9.94. The number of hydrogen-bond acceptors (Lipinski definition) is 2. The Morgan fingerprint density at radius 2 is 2.00 bits per heavy atom. The first kappa shape index (κ1) is 14.5. The van der Waals surface area contributed by atoms with E-state index in [9.17, 15) is 0 Å². The summed E-state index contributed by atoms with van der Waals surface area (Å²) in [7, 11) is 0. The van der Waals surface area contributed by atoms with Crippen molar-refractivity contribution in [3.8, 4) is 0 Å². The number of hydrogen-bond donors (Lipinski definition) is 1. The lowest BCUT2D eigenvalue weighted by molar-refractivity contribution is 0.0648. The van der Waals surface area contributed by atoms with Crippen LogP contribution >= 0.6 is 0 Å². The van der Waals surface area contributed by atoms with Gasteiger partial charge in [0.2, 0.25) is 0 Å². The van der Waals surface area contributed by atoms with Crippen molar-refractivity contribution < 1.29 is 0 Å². The molecule has 1 heterocycles. The minimum absolute atomic E-state index is 0.294. The Morgan fingerprint density at radius 3 is 2.68 bits per heavy atom. The minimum Gasteiger partial charge on any atom is -0.311 e. The zero-order chi connectivity index (χ0) is 13.7. The molecular formula is C17H28N2. The van der Waals surface area contributed by atoms with E-state index in [1.54, 1.807) is 0 Å². The monoisotopic (exact) mass is 260 g/mol. The van der Waals surface area contributed by atoms with Gasteiger partial charge >= 0.3 is 0 Å². The predicted octanol–water partition coefficient (Wildman–Crippen LogP) is 3.08. The van der Waals surface area contributed by atoms with Gasteiger partial charge in [-0.2, -0.15) is 0 Å². The number of unbranched alkanes of at least 4 members (excludes halogenated alkanes) is 1. The molecule has 1 atom stereocenters. The van der Waals surface area contributed by atoms with Gasteiger partial charge in [0.1, 0.15) is 0 Å². The Kier molecular flexibility index (Phi) is 5.00. The number of piperazine rings is 1. The second kappa shape index (κ2) is 6.53. The lowest BCUT2D eigenvalue weighted by Gasteiger charge is -2.46. The summed E-state index contributed by atoms with van der Waals surface area (Å²) in [5.74, 6) is 0. The first-order valence-corrected chi connectivity index (χ1v) is 7.64. The van der Waals surface area contributed by atoms with Crippen LogP contribution in [0.25, 0.3) is 0 Å². The molecule has 2 heteroatoms. The molecule has 0 aliphatic carbocycles. The Hall–Kier alpha value is -0.860. The molecule has 1 aliphatic rings. The molecule has 1 unspecified atom stereocenters. The molecule has 106 valence electrons. The van der Waals surface area contributed by atoms with Gasteiger partial charge in [-0.1, -0.05) is 43.7 Å². The van der Waals surface area contributed by atoms with Gasteiger partial charge in [0.15, 0.2) is 0 Å². The highest BCUT2D eigenvalue weighted by Crippen LogP contribution is 2.20. The molecule has 0 bridgehead atoms. The summed E-state index contributed by atoms with van der Waals surface area (Å²) in [4.78, 5) is 2.67. The third-order valence-corrected chi connectivity index (χ3v) is 4.23. The minimum atomic E-state index is 0.294. The van der Waals surface area contributed by atoms with Crippen LogP contribution in [-0.4, -0.2) is 36.1 Å². The van der Waals surface area contributed by atoms with Crippen LogP contribution in [0.3, 0.4) is 0 Å². The molecule has 1 aromatic rings. The highest BCUT2D eigenvalue weighted by atomic mass is 15.3. The SMILES string of the molecule is CCCCN1CC(Cc2ccccc2)NCC1(C)C. The Balaban J connectivity index is 1.94. The van der Waals surface area contributed by atoms with E-state index < -0.39 is 0 Å². The first-order valence-electron chi connectivity index (χ1n) is 7.64. The Bertz CT molecular complexity index is 372. The standard InChI is InChI=1S/C17H28N2/c1-4-5-11-19-13-16(18-14-17(19,2)3)12-15-9-7-6-8-10-15/h6-10,16,18H,4-5,11-14H2,1-3H3. The fourth-order valence-corrected chi connectivity index (χ4v) is 2.86. The van der Waals surface area contributed by atoms with Crippen molar-refractivity contribution in [2.45, 2.75) is 51.6 Å². The molecule has 1 N–H and O–H groups in total. The molecule has 1 aromatic carbocycles. The van der Waals surface area contributed by atoms with Crippen molar-refractivity contribution in [2.24, 2.45) is 0 Å². The number of rotatable bonds is 5. The van der Waals surface area contributed by atoms with Gasteiger partial charge < -0.3 is 5.32 Å². The van der Waals surface area contributed by atoms with E-state index in [0.717, 1.165) is 13.0 Å². The number of nitrogens with one attached hydrogen (secondary N) is 1. The van der Waals surface area contributed by atoms with E-state index in [-0.39, 0.29) is 0 Å². The molecule has 1 fully saturated rings. The van der Waals surface area contributed by atoms with Gasteiger partial charge in [-0.05, 0) is 38.8 Å². The van der Waals surface area contributed by atoms with Gasteiger partial charge in [-0.25, -0.2) is 0 Å². The quantitative estimate of drug-likeness (QED) is 0.875. The van der Waals surface area contributed by atoms with Crippen molar-refractivity contribution in [3.63, 3.8) is 0 Å². The average molecular weight is 260 g/mol. The second-order valence-corrected chi connectivity index (χ2v) is 6.38. The molecule has 0 radical (unpaired) electrons. The van der Waals surface area contributed by atoms with E-state index in [4.69, 9.17) is 0 Å². The van der Waals surface area contributed by atoms with Crippen molar-refractivity contribution >= 4 is 0 Å². The van der Waals surface area contributed by atoms with Crippen LogP contribution in [0.5, 0.6) is 0 Å². The van der Waals surface area contributed by atoms with Crippen LogP contribution in [0, 0.1) is 0 Å². The summed E-state index contributed by atoms with van der Waals surface area (Å²) in [6, 6.07) is 11.4. The van der Waals surface area contributed by atoms with Gasteiger partial charge in [-0.15, -0.1) is 0 Å².